The summed E-state index contributed by atoms with van der Waals surface area (Å²) in [6, 6.07) is 55.1. The molecular weight excluding hydrogens is 657 g/mol. The van der Waals surface area contributed by atoms with Gasteiger partial charge in [-0.25, -0.2) is 0 Å². The highest BCUT2D eigenvalue weighted by Gasteiger charge is 2.41. The minimum absolute atomic E-state index is 0.367. The number of nitrogens with zero attached hydrogens (tertiary/aromatic N) is 5. The lowest BCUT2D eigenvalue weighted by Crippen LogP contribution is -2.39. The molecule has 1 amide bonds. The Labute approximate surface area is 307 Å². The molecule has 8 heteroatoms. The Balaban J connectivity index is 1.13. The average molecular weight is 693 g/mol. The maximum atomic E-state index is 11.1. The zero-order valence-corrected chi connectivity index (χ0v) is 29.1. The van der Waals surface area contributed by atoms with Crippen molar-refractivity contribution in [1.82, 2.24) is 25.2 Å². The zero-order valence-electron chi connectivity index (χ0n) is 29.1. The third-order valence-corrected chi connectivity index (χ3v) is 9.53. The zero-order chi connectivity index (χ0) is 36.0. The topological polar surface area (TPSA) is 94.8 Å². The van der Waals surface area contributed by atoms with Crippen molar-refractivity contribution in [3.8, 4) is 28.3 Å². The highest BCUT2D eigenvalue weighted by atomic mass is 16.5. The first-order valence-electron chi connectivity index (χ1n) is 17.6. The van der Waals surface area contributed by atoms with Crippen molar-refractivity contribution in [2.75, 3.05) is 5.32 Å². The molecule has 0 saturated heterocycles. The third kappa shape index (κ3) is 6.43. The summed E-state index contributed by atoms with van der Waals surface area (Å²) in [5.74, 6) is 1.25. The van der Waals surface area contributed by atoms with Gasteiger partial charge in [-0.05, 0) is 63.2 Å². The fraction of sp³-hybridized carbons (Fsp3) is 0.0889. The maximum absolute atomic E-state index is 11.1. The largest absolute Gasteiger partial charge is 0.488 e. The van der Waals surface area contributed by atoms with E-state index in [9.17, 15) is 4.79 Å². The van der Waals surface area contributed by atoms with Crippen LogP contribution < -0.4 is 10.1 Å². The molecule has 53 heavy (non-hydrogen) atoms. The highest BCUT2D eigenvalue weighted by molar-refractivity contribution is 5.90. The SMILES string of the molecule is CCc1cc(OCc2ccc(-c3ccccc3-c3nnn(C(c4ccccc4)(c4ccccc4)c4ccccc4)n3)cc2)c2cc(NC=O)ccc2n1. The molecule has 258 valence electrons. The maximum Gasteiger partial charge on any atom is 0.211 e. The Bertz CT molecular complexity index is 2390. The van der Waals surface area contributed by atoms with E-state index in [4.69, 9.17) is 25.1 Å². The fourth-order valence-corrected chi connectivity index (χ4v) is 6.93. The number of aryl methyl sites for hydroxylation is 1. The molecule has 6 aromatic carbocycles. The van der Waals surface area contributed by atoms with Crippen molar-refractivity contribution in [3.05, 3.63) is 192 Å². The van der Waals surface area contributed by atoms with Crippen molar-refractivity contribution in [2.24, 2.45) is 0 Å². The summed E-state index contributed by atoms with van der Waals surface area (Å²) in [4.78, 5) is 17.6. The Morgan fingerprint density at radius 2 is 1.30 bits per heavy atom. The molecule has 2 heterocycles. The van der Waals surface area contributed by atoms with Crippen molar-refractivity contribution >= 4 is 23.0 Å². The monoisotopic (exact) mass is 692 g/mol. The molecule has 0 aliphatic rings. The van der Waals surface area contributed by atoms with Crippen LogP contribution in [-0.4, -0.2) is 31.6 Å². The summed E-state index contributed by atoms with van der Waals surface area (Å²) in [6.45, 7) is 2.44. The van der Waals surface area contributed by atoms with Crippen molar-refractivity contribution in [3.63, 3.8) is 0 Å². The first kappa shape index (κ1) is 33.2. The number of amides is 1. The first-order chi connectivity index (χ1) is 26.2. The van der Waals surface area contributed by atoms with Crippen molar-refractivity contribution in [1.29, 1.82) is 0 Å². The van der Waals surface area contributed by atoms with Crippen LogP contribution in [0.5, 0.6) is 5.75 Å². The van der Waals surface area contributed by atoms with Crippen molar-refractivity contribution < 1.29 is 9.53 Å². The van der Waals surface area contributed by atoms with Crippen LogP contribution in [-0.2, 0) is 23.4 Å². The van der Waals surface area contributed by atoms with Crippen LogP contribution in [0.1, 0.15) is 34.9 Å². The Hall–Kier alpha value is -6.93. The smallest absolute Gasteiger partial charge is 0.211 e. The lowest BCUT2D eigenvalue weighted by atomic mass is 9.77. The molecule has 0 bridgehead atoms. The second kappa shape index (κ2) is 14.7. The quantitative estimate of drug-likeness (QED) is 0.101. The number of rotatable bonds is 12. The van der Waals surface area contributed by atoms with Crippen LogP contribution in [0.3, 0.4) is 0 Å². The van der Waals surface area contributed by atoms with Gasteiger partial charge in [-0.1, -0.05) is 146 Å². The van der Waals surface area contributed by atoms with Gasteiger partial charge in [0, 0.05) is 28.4 Å². The lowest BCUT2D eigenvalue weighted by Gasteiger charge is -2.34. The van der Waals surface area contributed by atoms with E-state index < -0.39 is 5.54 Å². The molecular formula is C45H36N6O2. The van der Waals surface area contributed by atoms with Gasteiger partial charge in [-0.15, -0.1) is 15.0 Å². The van der Waals surface area contributed by atoms with Crippen LogP contribution in [0.15, 0.2) is 164 Å². The van der Waals surface area contributed by atoms with Gasteiger partial charge in [0.25, 0.3) is 0 Å². The summed E-state index contributed by atoms with van der Waals surface area (Å²) < 4.78 is 6.38. The fourth-order valence-electron chi connectivity index (χ4n) is 6.93. The second-order valence-corrected chi connectivity index (χ2v) is 12.7. The van der Waals surface area contributed by atoms with Crippen LogP contribution in [0, 0.1) is 0 Å². The molecule has 1 N–H and O–H groups in total. The second-order valence-electron chi connectivity index (χ2n) is 12.7. The summed E-state index contributed by atoms with van der Waals surface area (Å²) in [5.41, 5.74) is 8.56. The molecule has 8 nitrogen and oxygen atoms in total. The normalized spacial score (nSPS) is 11.3. The predicted octanol–water partition coefficient (Wildman–Crippen LogP) is 9.11. The standard InChI is InChI=1S/C45H36N6O2/c1-2-37-29-43(41-28-38(46-31-52)26-27-42(41)47-37)53-30-32-22-24-33(25-23-32)39-20-12-13-21-40(39)44-48-50-51(49-44)45(34-14-6-3-7-15-34,35-16-8-4-9-17-35)36-18-10-5-11-19-36/h3-29,31H,2,30H2,1H3,(H,46,52). The van der Waals surface area contributed by atoms with Gasteiger partial charge >= 0.3 is 0 Å². The number of carbonyl (C=O) groups excluding carboxylic acids is 1. The molecule has 0 unspecified atom stereocenters. The number of aromatic nitrogens is 5. The van der Waals surface area contributed by atoms with Crippen LogP contribution >= 0.6 is 0 Å². The highest BCUT2D eigenvalue weighted by Crippen LogP contribution is 2.40. The van der Waals surface area contributed by atoms with Gasteiger partial charge in [-0.3, -0.25) is 9.78 Å². The molecule has 0 aliphatic carbocycles. The van der Waals surface area contributed by atoms with Gasteiger partial charge in [0.2, 0.25) is 12.2 Å². The van der Waals surface area contributed by atoms with E-state index in [-0.39, 0.29) is 0 Å². The number of benzene rings is 6. The number of ether oxygens (including phenoxy) is 1. The molecule has 8 aromatic rings. The van der Waals surface area contributed by atoms with E-state index in [0.717, 1.165) is 67.7 Å². The van der Waals surface area contributed by atoms with E-state index in [1.165, 1.54) is 0 Å². The van der Waals surface area contributed by atoms with E-state index >= 15 is 0 Å². The molecule has 0 aliphatic heterocycles. The van der Waals surface area contributed by atoms with Crippen molar-refractivity contribution in [2.45, 2.75) is 25.5 Å². The number of fused-ring (bicyclic) bond motifs is 1. The number of anilines is 1. The van der Waals surface area contributed by atoms with E-state index in [1.54, 1.807) is 4.80 Å². The number of pyridine rings is 1. The van der Waals surface area contributed by atoms with Crippen LogP contribution in [0.2, 0.25) is 0 Å². The Morgan fingerprint density at radius 1 is 0.698 bits per heavy atom. The van der Waals surface area contributed by atoms with Gasteiger partial charge in [0.15, 0.2) is 5.54 Å². The van der Waals surface area contributed by atoms with Gasteiger partial charge in [0.05, 0.1) is 5.52 Å². The minimum Gasteiger partial charge on any atom is -0.488 e. The van der Waals surface area contributed by atoms with E-state index in [1.807, 2.05) is 97.1 Å². The molecule has 0 atom stereocenters. The summed E-state index contributed by atoms with van der Waals surface area (Å²) in [7, 11) is 0. The van der Waals surface area contributed by atoms with Crippen LogP contribution in [0.25, 0.3) is 33.4 Å². The molecule has 0 saturated carbocycles. The number of carbonyl (C=O) groups is 1. The first-order valence-corrected chi connectivity index (χ1v) is 17.6. The third-order valence-electron chi connectivity index (χ3n) is 9.53. The van der Waals surface area contributed by atoms with Gasteiger partial charge in [0.1, 0.15) is 12.4 Å². The Morgan fingerprint density at radius 3 is 1.91 bits per heavy atom. The molecule has 8 rings (SSSR count). The molecule has 2 aromatic heterocycles. The number of nitrogens with one attached hydrogen (secondary N) is 1. The summed E-state index contributed by atoms with van der Waals surface area (Å²) in [6.07, 6.45) is 1.45. The average Bonchev–Trinajstić information content (AvgIpc) is 3.72. The number of tetrazole rings is 1. The number of hydrogen-bond donors (Lipinski definition) is 1. The molecule has 0 spiro atoms. The number of hydrogen-bond acceptors (Lipinski definition) is 6. The van der Waals surface area contributed by atoms with Crippen LogP contribution in [0.4, 0.5) is 5.69 Å². The van der Waals surface area contributed by atoms with E-state index in [0.29, 0.717) is 24.5 Å². The summed E-state index contributed by atoms with van der Waals surface area (Å²) >= 11 is 0. The minimum atomic E-state index is -0.865. The van der Waals surface area contributed by atoms with Gasteiger partial charge in [-0.2, -0.15) is 0 Å². The molecule has 0 radical (unpaired) electrons. The van der Waals surface area contributed by atoms with Gasteiger partial charge < -0.3 is 10.1 Å². The molecule has 0 fully saturated rings. The Kier molecular flexibility index (Phi) is 9.24. The predicted molar refractivity (Wildman–Crippen MR) is 208 cm³/mol. The summed E-state index contributed by atoms with van der Waals surface area (Å²) in [5, 5.41) is 18.2. The lowest BCUT2D eigenvalue weighted by molar-refractivity contribution is -0.105. The van der Waals surface area contributed by atoms with E-state index in [2.05, 4.69) is 79.0 Å².